The summed E-state index contributed by atoms with van der Waals surface area (Å²) in [6.45, 7) is 6.98. The van der Waals surface area contributed by atoms with Gasteiger partial charge in [0.1, 0.15) is 18.1 Å². The van der Waals surface area contributed by atoms with Crippen LogP contribution in [0.2, 0.25) is 0 Å². The SMILES string of the molecule is CCOc1ccc2c(c1)CCC=C2c1ccc(OCCN2CCCC2)cc1. The van der Waals surface area contributed by atoms with Crippen molar-refractivity contribution in [1.29, 1.82) is 0 Å². The minimum absolute atomic E-state index is 0.709. The van der Waals surface area contributed by atoms with Gasteiger partial charge in [0.25, 0.3) is 0 Å². The molecular formula is C24H29NO2. The highest BCUT2D eigenvalue weighted by Gasteiger charge is 2.15. The van der Waals surface area contributed by atoms with E-state index in [1.54, 1.807) is 0 Å². The molecule has 0 unspecified atom stereocenters. The Hall–Kier alpha value is -2.26. The number of aryl methyl sites for hydroxylation is 1. The van der Waals surface area contributed by atoms with Crippen molar-refractivity contribution in [2.75, 3.05) is 32.8 Å². The number of nitrogens with zero attached hydrogens (tertiary/aromatic N) is 1. The lowest BCUT2D eigenvalue weighted by Gasteiger charge is -2.20. The number of rotatable bonds is 7. The molecule has 3 heteroatoms. The first kappa shape index (κ1) is 18.1. The van der Waals surface area contributed by atoms with E-state index < -0.39 is 0 Å². The van der Waals surface area contributed by atoms with Crippen LogP contribution in [0.15, 0.2) is 48.5 Å². The summed E-state index contributed by atoms with van der Waals surface area (Å²) in [5.41, 5.74) is 5.28. The van der Waals surface area contributed by atoms with Gasteiger partial charge < -0.3 is 9.47 Å². The van der Waals surface area contributed by atoms with E-state index >= 15 is 0 Å². The van der Waals surface area contributed by atoms with Gasteiger partial charge in [0, 0.05) is 6.54 Å². The predicted octanol–water partition coefficient (Wildman–Crippen LogP) is 4.94. The summed E-state index contributed by atoms with van der Waals surface area (Å²) in [5, 5.41) is 0. The Morgan fingerprint density at radius 1 is 0.926 bits per heavy atom. The molecule has 0 N–H and O–H groups in total. The second-order valence-electron chi connectivity index (χ2n) is 7.33. The Balaban J connectivity index is 1.42. The normalized spacial score (nSPS) is 16.7. The third-order valence-corrected chi connectivity index (χ3v) is 5.48. The number of benzene rings is 2. The molecule has 2 aromatic carbocycles. The first-order valence-electron chi connectivity index (χ1n) is 10.3. The number of fused-ring (bicyclic) bond motifs is 1. The van der Waals surface area contributed by atoms with Crippen LogP contribution < -0.4 is 9.47 Å². The molecule has 0 atom stereocenters. The average molecular weight is 364 g/mol. The molecule has 1 saturated heterocycles. The van der Waals surface area contributed by atoms with Crippen LogP contribution in [0.5, 0.6) is 11.5 Å². The minimum atomic E-state index is 0.709. The van der Waals surface area contributed by atoms with Crippen molar-refractivity contribution in [2.24, 2.45) is 0 Å². The molecule has 1 heterocycles. The van der Waals surface area contributed by atoms with Gasteiger partial charge in [0.05, 0.1) is 6.61 Å². The van der Waals surface area contributed by atoms with Crippen molar-refractivity contribution in [1.82, 2.24) is 4.90 Å². The third-order valence-electron chi connectivity index (χ3n) is 5.48. The second-order valence-corrected chi connectivity index (χ2v) is 7.33. The van der Waals surface area contributed by atoms with E-state index in [4.69, 9.17) is 9.47 Å². The van der Waals surface area contributed by atoms with E-state index in [9.17, 15) is 0 Å². The fourth-order valence-electron chi connectivity index (χ4n) is 4.08. The highest BCUT2D eigenvalue weighted by Crippen LogP contribution is 2.34. The second kappa shape index (κ2) is 8.62. The maximum absolute atomic E-state index is 5.94. The number of hydrogen-bond acceptors (Lipinski definition) is 3. The lowest BCUT2D eigenvalue weighted by Crippen LogP contribution is -2.25. The summed E-state index contributed by atoms with van der Waals surface area (Å²) in [4.78, 5) is 2.48. The fourth-order valence-corrected chi connectivity index (χ4v) is 4.08. The van der Waals surface area contributed by atoms with E-state index in [0.29, 0.717) is 6.61 Å². The number of likely N-dealkylation sites (tertiary alicyclic amines) is 1. The zero-order chi connectivity index (χ0) is 18.5. The van der Waals surface area contributed by atoms with Crippen LogP contribution in [0.3, 0.4) is 0 Å². The van der Waals surface area contributed by atoms with Gasteiger partial charge in [-0.3, -0.25) is 4.90 Å². The summed E-state index contributed by atoms with van der Waals surface area (Å²) in [6.07, 6.45) is 7.17. The molecule has 0 amide bonds. The summed E-state index contributed by atoms with van der Waals surface area (Å²) >= 11 is 0. The molecule has 0 saturated carbocycles. The quantitative estimate of drug-likeness (QED) is 0.696. The summed E-state index contributed by atoms with van der Waals surface area (Å²) in [6, 6.07) is 15.0. The van der Waals surface area contributed by atoms with Gasteiger partial charge in [-0.2, -0.15) is 0 Å². The van der Waals surface area contributed by atoms with E-state index in [1.165, 1.54) is 48.2 Å². The summed E-state index contributed by atoms with van der Waals surface area (Å²) in [7, 11) is 0. The Bertz CT molecular complexity index is 789. The minimum Gasteiger partial charge on any atom is -0.494 e. The first-order valence-corrected chi connectivity index (χ1v) is 10.3. The Morgan fingerprint density at radius 3 is 2.48 bits per heavy atom. The van der Waals surface area contributed by atoms with Gasteiger partial charge in [-0.05, 0) is 92.2 Å². The molecule has 1 fully saturated rings. The Kier molecular flexibility index (Phi) is 5.78. The van der Waals surface area contributed by atoms with E-state index in [1.807, 2.05) is 6.92 Å². The largest absolute Gasteiger partial charge is 0.494 e. The Labute approximate surface area is 162 Å². The number of allylic oxidation sites excluding steroid dienone is 1. The monoisotopic (exact) mass is 363 g/mol. The van der Waals surface area contributed by atoms with Crippen LogP contribution >= 0.6 is 0 Å². The maximum atomic E-state index is 5.94. The molecule has 142 valence electrons. The van der Waals surface area contributed by atoms with Gasteiger partial charge in [-0.1, -0.05) is 24.3 Å². The molecule has 2 aliphatic rings. The fraction of sp³-hybridized carbons (Fsp3) is 0.417. The van der Waals surface area contributed by atoms with Crippen molar-refractivity contribution >= 4 is 5.57 Å². The topological polar surface area (TPSA) is 21.7 Å². The highest BCUT2D eigenvalue weighted by molar-refractivity contribution is 5.83. The van der Waals surface area contributed by atoms with Gasteiger partial charge in [-0.25, -0.2) is 0 Å². The van der Waals surface area contributed by atoms with Crippen LogP contribution in [-0.4, -0.2) is 37.7 Å². The lowest BCUT2D eigenvalue weighted by atomic mass is 9.87. The van der Waals surface area contributed by atoms with Gasteiger partial charge in [0.2, 0.25) is 0 Å². The van der Waals surface area contributed by atoms with Crippen LogP contribution in [0.25, 0.3) is 5.57 Å². The smallest absolute Gasteiger partial charge is 0.119 e. The molecule has 4 rings (SSSR count). The number of ether oxygens (including phenoxy) is 2. The van der Waals surface area contributed by atoms with Gasteiger partial charge >= 0.3 is 0 Å². The maximum Gasteiger partial charge on any atom is 0.119 e. The molecule has 27 heavy (non-hydrogen) atoms. The predicted molar refractivity (Wildman–Crippen MR) is 111 cm³/mol. The zero-order valence-corrected chi connectivity index (χ0v) is 16.2. The first-order chi connectivity index (χ1) is 13.3. The van der Waals surface area contributed by atoms with Crippen molar-refractivity contribution in [3.05, 3.63) is 65.2 Å². The van der Waals surface area contributed by atoms with Crippen molar-refractivity contribution in [3.63, 3.8) is 0 Å². The van der Waals surface area contributed by atoms with E-state index in [-0.39, 0.29) is 0 Å². The summed E-state index contributed by atoms with van der Waals surface area (Å²) < 4.78 is 11.6. The molecule has 0 aromatic heterocycles. The molecule has 1 aliphatic heterocycles. The molecule has 0 bridgehead atoms. The van der Waals surface area contributed by atoms with E-state index in [2.05, 4.69) is 53.4 Å². The molecule has 3 nitrogen and oxygen atoms in total. The average Bonchev–Trinajstić information content (AvgIpc) is 3.22. The van der Waals surface area contributed by atoms with Crippen molar-refractivity contribution < 1.29 is 9.47 Å². The van der Waals surface area contributed by atoms with Gasteiger partial charge in [0.15, 0.2) is 0 Å². The third kappa shape index (κ3) is 4.36. The van der Waals surface area contributed by atoms with Crippen molar-refractivity contribution in [3.8, 4) is 11.5 Å². The zero-order valence-electron chi connectivity index (χ0n) is 16.2. The standard InChI is InChI=1S/C24H29NO2/c1-2-26-22-12-13-24-20(18-22)6-5-7-23(24)19-8-10-21(11-9-19)27-17-16-25-14-3-4-15-25/h7-13,18H,2-6,14-17H2,1H3. The van der Waals surface area contributed by atoms with Crippen LogP contribution in [0.4, 0.5) is 0 Å². The Morgan fingerprint density at radius 2 is 1.70 bits per heavy atom. The van der Waals surface area contributed by atoms with Crippen LogP contribution in [-0.2, 0) is 6.42 Å². The highest BCUT2D eigenvalue weighted by atomic mass is 16.5. The van der Waals surface area contributed by atoms with Crippen molar-refractivity contribution in [2.45, 2.75) is 32.6 Å². The van der Waals surface area contributed by atoms with Crippen LogP contribution in [0.1, 0.15) is 42.9 Å². The lowest BCUT2D eigenvalue weighted by molar-refractivity contribution is 0.238. The van der Waals surface area contributed by atoms with E-state index in [0.717, 1.165) is 37.5 Å². The molecule has 0 spiro atoms. The summed E-state index contributed by atoms with van der Waals surface area (Å²) in [5.74, 6) is 1.93. The molecular weight excluding hydrogens is 334 g/mol. The van der Waals surface area contributed by atoms with Crippen LogP contribution in [0, 0.1) is 0 Å². The molecule has 1 aliphatic carbocycles. The number of hydrogen-bond donors (Lipinski definition) is 0. The molecule has 0 radical (unpaired) electrons. The molecule has 2 aromatic rings. The van der Waals surface area contributed by atoms with Gasteiger partial charge in [-0.15, -0.1) is 0 Å².